The van der Waals surface area contributed by atoms with Crippen molar-refractivity contribution < 1.29 is 4.79 Å². The second-order valence-electron chi connectivity index (χ2n) is 7.77. The van der Waals surface area contributed by atoms with Gasteiger partial charge in [-0.15, -0.1) is 0 Å². The highest BCUT2D eigenvalue weighted by molar-refractivity contribution is 5.94. The molecule has 2 aliphatic rings. The quantitative estimate of drug-likeness (QED) is 0.899. The van der Waals surface area contributed by atoms with E-state index in [1.165, 1.54) is 19.3 Å². The third kappa shape index (κ3) is 3.32. The van der Waals surface area contributed by atoms with Gasteiger partial charge in [0.2, 0.25) is 0 Å². The first-order valence-electron chi connectivity index (χ1n) is 9.33. The summed E-state index contributed by atoms with van der Waals surface area (Å²) in [6.07, 6.45) is 11.2. The molecule has 0 aliphatic heterocycles. The number of hydrogen-bond donors (Lipinski definition) is 2. The van der Waals surface area contributed by atoms with E-state index in [0.717, 1.165) is 29.9 Å². The number of aromatic amines is 1. The van der Waals surface area contributed by atoms with Crippen LogP contribution >= 0.6 is 0 Å². The highest BCUT2D eigenvalue weighted by atomic mass is 16.1. The van der Waals surface area contributed by atoms with Crippen molar-refractivity contribution in [3.05, 3.63) is 47.3 Å². The van der Waals surface area contributed by atoms with E-state index in [4.69, 9.17) is 0 Å². The lowest BCUT2D eigenvalue weighted by molar-refractivity contribution is 0.0925. The van der Waals surface area contributed by atoms with Crippen LogP contribution in [0.25, 0.3) is 0 Å². The molecule has 0 spiro atoms. The number of imidazole rings is 1. The van der Waals surface area contributed by atoms with Gasteiger partial charge in [-0.3, -0.25) is 9.78 Å². The average Bonchev–Trinajstić information content (AvgIpc) is 3.27. The Labute approximate surface area is 148 Å². The molecule has 5 heteroatoms. The summed E-state index contributed by atoms with van der Waals surface area (Å²) in [7, 11) is 0. The van der Waals surface area contributed by atoms with Crippen molar-refractivity contribution in [1.29, 1.82) is 0 Å². The molecule has 132 valence electrons. The van der Waals surface area contributed by atoms with Gasteiger partial charge in [0.1, 0.15) is 5.82 Å². The normalized spacial score (nSPS) is 28.1. The second kappa shape index (κ2) is 6.62. The van der Waals surface area contributed by atoms with Crippen LogP contribution < -0.4 is 5.32 Å². The van der Waals surface area contributed by atoms with Crippen molar-refractivity contribution >= 4 is 5.91 Å². The summed E-state index contributed by atoms with van der Waals surface area (Å²) >= 11 is 0. The van der Waals surface area contributed by atoms with Crippen LogP contribution in [0.5, 0.6) is 0 Å². The van der Waals surface area contributed by atoms with E-state index >= 15 is 0 Å². The van der Waals surface area contributed by atoms with Crippen LogP contribution in [0.2, 0.25) is 0 Å². The molecule has 4 rings (SSSR count). The molecule has 0 aromatic carbocycles. The number of H-pyrrole nitrogens is 1. The standard InChI is InChI=1S/C20H26N4O/c1-12-7-15(11-21-9-12)20(25)24-18-6-5-16-14(3-4-17(16)18)8-19-22-10-13(2)23-19/h7,9-11,14,16-18H,3-6,8H2,1-2H3,(H,22,23)(H,24,25)/t14?,16-,17+,18-/m0/s1. The van der Waals surface area contributed by atoms with Crippen molar-refractivity contribution in [3.8, 4) is 0 Å². The van der Waals surface area contributed by atoms with Gasteiger partial charge in [-0.25, -0.2) is 4.98 Å². The van der Waals surface area contributed by atoms with Gasteiger partial charge in [0.05, 0.1) is 11.3 Å². The van der Waals surface area contributed by atoms with Gasteiger partial charge >= 0.3 is 0 Å². The van der Waals surface area contributed by atoms with Crippen LogP contribution in [-0.2, 0) is 6.42 Å². The van der Waals surface area contributed by atoms with Gasteiger partial charge in [0, 0.05) is 31.1 Å². The maximum atomic E-state index is 12.6. The number of pyridine rings is 1. The number of amides is 1. The Bertz CT molecular complexity index is 769. The van der Waals surface area contributed by atoms with Gasteiger partial charge in [-0.05, 0) is 68.9 Å². The molecule has 2 aromatic rings. The van der Waals surface area contributed by atoms with E-state index in [2.05, 4.69) is 20.3 Å². The third-order valence-corrected chi connectivity index (χ3v) is 6.02. The zero-order valence-electron chi connectivity index (χ0n) is 15.0. The van der Waals surface area contributed by atoms with Gasteiger partial charge in [0.15, 0.2) is 0 Å². The molecule has 4 atom stereocenters. The first kappa shape index (κ1) is 16.3. The fourth-order valence-corrected chi connectivity index (χ4v) is 4.90. The molecule has 1 amide bonds. The van der Waals surface area contributed by atoms with Crippen molar-refractivity contribution in [2.75, 3.05) is 0 Å². The number of aromatic nitrogens is 3. The average molecular weight is 338 g/mol. The van der Waals surface area contributed by atoms with Crippen molar-refractivity contribution in [2.24, 2.45) is 17.8 Å². The van der Waals surface area contributed by atoms with E-state index < -0.39 is 0 Å². The first-order valence-corrected chi connectivity index (χ1v) is 9.33. The first-order chi connectivity index (χ1) is 12.1. The summed E-state index contributed by atoms with van der Waals surface area (Å²) in [5.41, 5.74) is 2.75. The summed E-state index contributed by atoms with van der Waals surface area (Å²) in [6.45, 7) is 3.99. The second-order valence-corrected chi connectivity index (χ2v) is 7.77. The smallest absolute Gasteiger partial charge is 0.253 e. The molecule has 2 N–H and O–H groups in total. The molecule has 25 heavy (non-hydrogen) atoms. The Morgan fingerprint density at radius 2 is 2.04 bits per heavy atom. The maximum absolute atomic E-state index is 12.6. The molecule has 2 aliphatic carbocycles. The molecule has 0 bridgehead atoms. The number of carbonyl (C=O) groups is 1. The van der Waals surface area contributed by atoms with Crippen molar-refractivity contribution in [1.82, 2.24) is 20.3 Å². The highest BCUT2D eigenvalue weighted by Gasteiger charge is 2.45. The summed E-state index contributed by atoms with van der Waals surface area (Å²) in [4.78, 5) is 24.6. The molecule has 1 unspecified atom stereocenters. The maximum Gasteiger partial charge on any atom is 0.253 e. The lowest BCUT2D eigenvalue weighted by Gasteiger charge is -2.21. The fourth-order valence-electron chi connectivity index (χ4n) is 4.90. The Kier molecular flexibility index (Phi) is 4.32. The van der Waals surface area contributed by atoms with Crippen LogP contribution in [0.15, 0.2) is 24.7 Å². The molecule has 5 nitrogen and oxygen atoms in total. The van der Waals surface area contributed by atoms with E-state index in [1.807, 2.05) is 26.1 Å². The monoisotopic (exact) mass is 338 g/mol. The summed E-state index contributed by atoms with van der Waals surface area (Å²) in [6, 6.07) is 2.21. The van der Waals surface area contributed by atoms with Gasteiger partial charge < -0.3 is 10.3 Å². The minimum absolute atomic E-state index is 0.0203. The number of carbonyl (C=O) groups excluding carboxylic acids is 1. The minimum Gasteiger partial charge on any atom is -0.349 e. The molecule has 0 saturated heterocycles. The van der Waals surface area contributed by atoms with Crippen LogP contribution in [0, 0.1) is 31.6 Å². The molecular formula is C20H26N4O. The predicted molar refractivity (Wildman–Crippen MR) is 96.2 cm³/mol. The number of nitrogens with zero attached hydrogens (tertiary/aromatic N) is 2. The van der Waals surface area contributed by atoms with Crippen LogP contribution in [0.3, 0.4) is 0 Å². The third-order valence-electron chi connectivity index (χ3n) is 6.02. The summed E-state index contributed by atoms with van der Waals surface area (Å²) in [5.74, 6) is 3.15. The van der Waals surface area contributed by atoms with Crippen LogP contribution in [0.1, 0.15) is 53.1 Å². The molecule has 0 radical (unpaired) electrons. The minimum atomic E-state index is 0.0203. The SMILES string of the molecule is Cc1cncc(C(=O)N[C@H]2CC[C@H]3C(Cc4nc(C)c[nH]4)CC[C@@H]23)c1. The van der Waals surface area contributed by atoms with Crippen LogP contribution in [-0.4, -0.2) is 26.9 Å². The number of nitrogens with one attached hydrogen (secondary N) is 2. The predicted octanol–water partition coefficient (Wildman–Crippen LogP) is 3.20. The van der Waals surface area contributed by atoms with E-state index in [0.29, 0.717) is 29.4 Å². The topological polar surface area (TPSA) is 70.7 Å². The lowest BCUT2D eigenvalue weighted by Crippen LogP contribution is -2.37. The zero-order chi connectivity index (χ0) is 17.4. The Morgan fingerprint density at radius 1 is 1.20 bits per heavy atom. The molecule has 2 heterocycles. The van der Waals surface area contributed by atoms with Gasteiger partial charge in [-0.2, -0.15) is 0 Å². The van der Waals surface area contributed by atoms with Gasteiger partial charge in [-0.1, -0.05) is 0 Å². The van der Waals surface area contributed by atoms with E-state index in [9.17, 15) is 4.79 Å². The molecular weight excluding hydrogens is 312 g/mol. The number of fused-ring (bicyclic) bond motifs is 1. The molecule has 2 aromatic heterocycles. The lowest BCUT2D eigenvalue weighted by atomic mass is 9.89. The number of rotatable bonds is 4. The molecule has 2 saturated carbocycles. The van der Waals surface area contributed by atoms with Crippen molar-refractivity contribution in [2.45, 2.75) is 52.0 Å². The van der Waals surface area contributed by atoms with Crippen molar-refractivity contribution in [3.63, 3.8) is 0 Å². The van der Waals surface area contributed by atoms with Crippen LogP contribution in [0.4, 0.5) is 0 Å². The summed E-state index contributed by atoms with van der Waals surface area (Å²) in [5, 5.41) is 3.28. The summed E-state index contributed by atoms with van der Waals surface area (Å²) < 4.78 is 0. The van der Waals surface area contributed by atoms with E-state index in [1.54, 1.807) is 12.4 Å². The van der Waals surface area contributed by atoms with Gasteiger partial charge in [0.25, 0.3) is 5.91 Å². The number of aryl methyl sites for hydroxylation is 2. The Balaban J connectivity index is 1.39. The zero-order valence-corrected chi connectivity index (χ0v) is 15.0. The fraction of sp³-hybridized carbons (Fsp3) is 0.550. The largest absolute Gasteiger partial charge is 0.349 e. The van der Waals surface area contributed by atoms with E-state index in [-0.39, 0.29) is 5.91 Å². The molecule has 2 fully saturated rings. The Morgan fingerprint density at radius 3 is 2.80 bits per heavy atom. The Hall–Kier alpha value is -2.17. The number of hydrogen-bond acceptors (Lipinski definition) is 3. The highest BCUT2D eigenvalue weighted by Crippen LogP contribution is 2.48.